The molecule has 0 radical (unpaired) electrons. The van der Waals surface area contributed by atoms with Crippen molar-refractivity contribution in [2.45, 2.75) is 19.9 Å². The number of hydrogen-bond donors (Lipinski definition) is 1. The average molecular weight is 477 g/mol. The van der Waals surface area contributed by atoms with Gasteiger partial charge in [-0.3, -0.25) is 10.00 Å². The third-order valence-electron chi connectivity index (χ3n) is 6.48. The fourth-order valence-electron chi connectivity index (χ4n) is 4.59. The fraction of sp³-hybridized carbons (Fsp3) is 0.444. The summed E-state index contributed by atoms with van der Waals surface area (Å²) in [6, 6.07) is 11.1. The van der Waals surface area contributed by atoms with E-state index in [1.165, 1.54) is 27.9 Å². The standard InChI is InChI=1S/C27H32N4O2S/c1-3-32-15-16-33-14-4-5-22-7-9-25(34-22)27-24-18-21-17-20(6-8-23(21)26(24)28-29-27)19-31-12-10-30(2)11-13-31/h6-9,17H,3,10-16,18-19H2,1-2H3,(H,28,29). The Morgan fingerprint density at radius 2 is 1.94 bits per heavy atom. The molecule has 2 aliphatic rings. The zero-order valence-electron chi connectivity index (χ0n) is 20.0. The van der Waals surface area contributed by atoms with Crippen molar-refractivity contribution in [2.24, 2.45) is 0 Å². The van der Waals surface area contributed by atoms with Crippen LogP contribution in [0.2, 0.25) is 0 Å². The van der Waals surface area contributed by atoms with Crippen LogP contribution in [0.4, 0.5) is 0 Å². The van der Waals surface area contributed by atoms with Gasteiger partial charge in [0.2, 0.25) is 0 Å². The highest BCUT2D eigenvalue weighted by atomic mass is 32.1. The number of aromatic amines is 1. The van der Waals surface area contributed by atoms with Crippen LogP contribution in [0.1, 0.15) is 28.5 Å². The first-order chi connectivity index (χ1) is 16.7. The van der Waals surface area contributed by atoms with Gasteiger partial charge >= 0.3 is 0 Å². The number of likely N-dealkylation sites (N-methyl/N-ethyl adjacent to an activating group) is 1. The molecule has 0 unspecified atom stereocenters. The summed E-state index contributed by atoms with van der Waals surface area (Å²) in [6.45, 7) is 9.93. The van der Waals surface area contributed by atoms with Crippen LogP contribution in [0.3, 0.4) is 0 Å². The number of fused-ring (bicyclic) bond motifs is 3. The lowest BCUT2D eigenvalue weighted by atomic mass is 10.0. The lowest BCUT2D eigenvalue weighted by Crippen LogP contribution is -2.43. The first kappa shape index (κ1) is 23.3. The molecule has 0 saturated carbocycles. The van der Waals surface area contributed by atoms with Gasteiger partial charge in [0.25, 0.3) is 0 Å². The van der Waals surface area contributed by atoms with Crippen molar-refractivity contribution >= 4 is 11.3 Å². The summed E-state index contributed by atoms with van der Waals surface area (Å²) in [5.74, 6) is 6.30. The van der Waals surface area contributed by atoms with Crippen LogP contribution in [0.15, 0.2) is 30.3 Å². The molecule has 6 nitrogen and oxygen atoms in total. The minimum absolute atomic E-state index is 0.421. The van der Waals surface area contributed by atoms with Gasteiger partial charge in [0.15, 0.2) is 0 Å². The van der Waals surface area contributed by atoms with Crippen molar-refractivity contribution in [1.29, 1.82) is 0 Å². The van der Waals surface area contributed by atoms with Gasteiger partial charge in [0.05, 0.1) is 28.7 Å². The minimum atomic E-state index is 0.421. The number of benzene rings is 1. The van der Waals surface area contributed by atoms with Crippen LogP contribution >= 0.6 is 11.3 Å². The van der Waals surface area contributed by atoms with Gasteiger partial charge in [-0.05, 0) is 37.2 Å². The molecule has 0 spiro atoms. The molecule has 7 heteroatoms. The molecule has 1 N–H and O–H groups in total. The molecule has 2 aromatic heterocycles. The molecule has 3 aromatic rings. The van der Waals surface area contributed by atoms with E-state index >= 15 is 0 Å². The van der Waals surface area contributed by atoms with Crippen molar-refractivity contribution in [3.05, 3.63) is 51.9 Å². The molecule has 0 bridgehead atoms. The van der Waals surface area contributed by atoms with E-state index in [1.54, 1.807) is 11.3 Å². The zero-order valence-corrected chi connectivity index (χ0v) is 20.8. The van der Waals surface area contributed by atoms with E-state index < -0.39 is 0 Å². The summed E-state index contributed by atoms with van der Waals surface area (Å²) in [6.07, 6.45) is 0.930. The Bertz CT molecular complexity index is 1180. The van der Waals surface area contributed by atoms with Gasteiger partial charge in [-0.15, -0.1) is 11.3 Å². The highest BCUT2D eigenvalue weighted by molar-refractivity contribution is 7.16. The van der Waals surface area contributed by atoms with E-state index in [0.717, 1.165) is 54.6 Å². The van der Waals surface area contributed by atoms with Crippen molar-refractivity contribution in [1.82, 2.24) is 20.0 Å². The summed E-state index contributed by atoms with van der Waals surface area (Å²) in [5.41, 5.74) is 7.61. The second kappa shape index (κ2) is 10.9. The van der Waals surface area contributed by atoms with Gasteiger partial charge in [0, 0.05) is 56.9 Å². The molecule has 5 rings (SSSR count). The lowest BCUT2D eigenvalue weighted by Gasteiger charge is -2.32. The van der Waals surface area contributed by atoms with Gasteiger partial charge < -0.3 is 14.4 Å². The largest absolute Gasteiger partial charge is 0.379 e. The van der Waals surface area contributed by atoms with Crippen molar-refractivity contribution < 1.29 is 9.47 Å². The summed E-state index contributed by atoms with van der Waals surface area (Å²) in [5, 5.41) is 7.97. The SMILES string of the molecule is CCOCCOCC#Cc1ccc(-c2n[nH]c3c2Cc2cc(CN4CCN(C)CC4)ccc2-3)s1. The topological polar surface area (TPSA) is 53.6 Å². The monoisotopic (exact) mass is 476 g/mol. The maximum atomic E-state index is 5.48. The van der Waals surface area contributed by atoms with Crippen LogP contribution < -0.4 is 0 Å². The molecular formula is C27H32N4O2S. The second-order valence-corrected chi connectivity index (χ2v) is 9.97. The van der Waals surface area contributed by atoms with Gasteiger partial charge in [-0.25, -0.2) is 0 Å². The molecular weight excluding hydrogens is 444 g/mol. The van der Waals surface area contributed by atoms with Crippen molar-refractivity contribution in [3.63, 3.8) is 0 Å². The normalized spacial score (nSPS) is 15.7. The van der Waals surface area contributed by atoms with Gasteiger partial charge in [-0.2, -0.15) is 5.10 Å². The Labute approximate surface area is 205 Å². The first-order valence-electron chi connectivity index (χ1n) is 12.1. The maximum absolute atomic E-state index is 5.48. The van der Waals surface area contributed by atoms with Crippen LogP contribution in [0.5, 0.6) is 0 Å². The summed E-state index contributed by atoms with van der Waals surface area (Å²) in [4.78, 5) is 7.15. The van der Waals surface area contributed by atoms with E-state index in [4.69, 9.17) is 9.47 Å². The van der Waals surface area contributed by atoms with E-state index in [-0.39, 0.29) is 0 Å². The third kappa shape index (κ3) is 5.27. The van der Waals surface area contributed by atoms with Crippen molar-refractivity contribution in [2.75, 3.05) is 59.7 Å². The molecule has 3 heterocycles. The Hall–Kier alpha value is -2.47. The Kier molecular flexibility index (Phi) is 7.43. The predicted molar refractivity (Wildman–Crippen MR) is 137 cm³/mol. The smallest absolute Gasteiger partial charge is 0.108 e. The molecule has 1 aliphatic heterocycles. The number of nitrogens with one attached hydrogen (secondary N) is 1. The van der Waals surface area contributed by atoms with E-state index in [2.05, 4.69) is 69.2 Å². The van der Waals surface area contributed by atoms with Crippen LogP contribution in [0.25, 0.3) is 21.8 Å². The van der Waals surface area contributed by atoms with E-state index in [0.29, 0.717) is 26.4 Å². The number of H-pyrrole nitrogens is 1. The average Bonchev–Trinajstić information content (AvgIpc) is 3.55. The summed E-state index contributed by atoms with van der Waals surface area (Å²) < 4.78 is 10.7. The van der Waals surface area contributed by atoms with Crippen LogP contribution in [-0.4, -0.2) is 79.7 Å². The molecule has 1 saturated heterocycles. The molecule has 1 aromatic carbocycles. The molecule has 178 valence electrons. The Morgan fingerprint density at radius 1 is 1.09 bits per heavy atom. The Balaban J connectivity index is 1.23. The number of aromatic nitrogens is 2. The second-order valence-electron chi connectivity index (χ2n) is 8.89. The molecule has 0 atom stereocenters. The van der Waals surface area contributed by atoms with Crippen molar-refractivity contribution in [3.8, 4) is 33.7 Å². The summed E-state index contributed by atoms with van der Waals surface area (Å²) in [7, 11) is 2.20. The molecule has 34 heavy (non-hydrogen) atoms. The molecule has 1 fully saturated rings. The van der Waals surface area contributed by atoms with Crippen LogP contribution in [-0.2, 0) is 22.4 Å². The number of hydrogen-bond acceptors (Lipinski definition) is 6. The molecule has 0 amide bonds. The highest BCUT2D eigenvalue weighted by Gasteiger charge is 2.26. The van der Waals surface area contributed by atoms with Crippen LogP contribution in [0, 0.1) is 11.8 Å². The van der Waals surface area contributed by atoms with E-state index in [1.807, 2.05) is 6.92 Å². The summed E-state index contributed by atoms with van der Waals surface area (Å²) >= 11 is 1.69. The number of piperazine rings is 1. The maximum Gasteiger partial charge on any atom is 0.108 e. The lowest BCUT2D eigenvalue weighted by molar-refractivity contribution is 0.0662. The van der Waals surface area contributed by atoms with Gasteiger partial charge in [-0.1, -0.05) is 30.0 Å². The highest BCUT2D eigenvalue weighted by Crippen LogP contribution is 2.41. The Morgan fingerprint density at radius 3 is 2.79 bits per heavy atom. The first-order valence-corrected chi connectivity index (χ1v) is 12.9. The van der Waals surface area contributed by atoms with Gasteiger partial charge in [0.1, 0.15) is 12.3 Å². The number of nitrogens with zero attached hydrogens (tertiary/aromatic N) is 3. The quantitative estimate of drug-likeness (QED) is 0.309. The molecule has 1 aliphatic carbocycles. The zero-order chi connectivity index (χ0) is 23.3. The number of ether oxygens (including phenoxy) is 2. The number of rotatable bonds is 8. The third-order valence-corrected chi connectivity index (χ3v) is 7.48. The predicted octanol–water partition coefficient (Wildman–Crippen LogP) is 3.86. The fourth-order valence-corrected chi connectivity index (χ4v) is 5.49. The minimum Gasteiger partial charge on any atom is -0.379 e. The van der Waals surface area contributed by atoms with E-state index in [9.17, 15) is 0 Å². The number of thiophene rings is 1.